The quantitative estimate of drug-likeness (QED) is 0.595. The Morgan fingerprint density at radius 2 is 1.72 bits per heavy atom. The summed E-state index contributed by atoms with van der Waals surface area (Å²) in [5.74, 6) is -0.212. The molecule has 0 atom stereocenters. The number of rotatable bonds is 5. The van der Waals surface area contributed by atoms with Gasteiger partial charge in [0.15, 0.2) is 0 Å². The van der Waals surface area contributed by atoms with Gasteiger partial charge in [-0.3, -0.25) is 4.79 Å². The van der Waals surface area contributed by atoms with Gasteiger partial charge in [0.05, 0.1) is 13.0 Å². The van der Waals surface area contributed by atoms with Crippen LogP contribution in [0.2, 0.25) is 0 Å². The second-order valence-electron chi connectivity index (χ2n) is 5.34. The van der Waals surface area contributed by atoms with Crippen LogP contribution in [0.1, 0.15) is 31.9 Å². The summed E-state index contributed by atoms with van der Waals surface area (Å²) in [6.45, 7) is 7.26. The average Bonchev–Trinajstić information content (AvgIpc) is 2.29. The molecule has 0 aliphatic carbocycles. The predicted octanol–water partition coefficient (Wildman–Crippen LogP) is 2.72. The van der Waals surface area contributed by atoms with Gasteiger partial charge in [0.1, 0.15) is 6.61 Å². The van der Waals surface area contributed by atoms with E-state index in [0.717, 1.165) is 5.56 Å². The molecule has 0 saturated heterocycles. The lowest BCUT2D eigenvalue weighted by Crippen LogP contribution is -2.13. The molecule has 1 aromatic carbocycles. The SMILES string of the molecule is COCCOC(=O)Cc1ccc(C(C)(C)C)cc1. The molecule has 0 spiro atoms. The van der Waals surface area contributed by atoms with Crippen LogP contribution in [0.25, 0.3) is 0 Å². The topological polar surface area (TPSA) is 35.5 Å². The zero-order chi connectivity index (χ0) is 13.6. The molecule has 0 saturated carbocycles. The minimum atomic E-state index is -0.212. The Labute approximate surface area is 109 Å². The molecule has 0 aliphatic heterocycles. The molecule has 0 amide bonds. The van der Waals surface area contributed by atoms with Gasteiger partial charge in [-0.15, -0.1) is 0 Å². The average molecular weight is 250 g/mol. The van der Waals surface area contributed by atoms with Crippen LogP contribution in [-0.2, 0) is 26.1 Å². The number of ether oxygens (including phenoxy) is 2. The van der Waals surface area contributed by atoms with Crippen LogP contribution in [0.5, 0.6) is 0 Å². The summed E-state index contributed by atoms with van der Waals surface area (Å²) < 4.78 is 9.84. The largest absolute Gasteiger partial charge is 0.463 e. The van der Waals surface area contributed by atoms with E-state index in [-0.39, 0.29) is 11.4 Å². The van der Waals surface area contributed by atoms with Gasteiger partial charge < -0.3 is 9.47 Å². The molecule has 0 fully saturated rings. The highest BCUT2D eigenvalue weighted by atomic mass is 16.6. The smallest absolute Gasteiger partial charge is 0.310 e. The maximum absolute atomic E-state index is 11.5. The molecule has 1 aromatic rings. The molecule has 0 radical (unpaired) electrons. The Morgan fingerprint density at radius 1 is 1.11 bits per heavy atom. The molecule has 18 heavy (non-hydrogen) atoms. The van der Waals surface area contributed by atoms with Crippen molar-refractivity contribution in [3.05, 3.63) is 35.4 Å². The maximum Gasteiger partial charge on any atom is 0.310 e. The van der Waals surface area contributed by atoms with E-state index in [1.54, 1.807) is 7.11 Å². The summed E-state index contributed by atoms with van der Waals surface area (Å²) in [6.07, 6.45) is 0.314. The number of benzene rings is 1. The summed E-state index contributed by atoms with van der Waals surface area (Å²) in [4.78, 5) is 11.5. The third kappa shape index (κ3) is 4.88. The van der Waals surface area contributed by atoms with E-state index in [9.17, 15) is 4.79 Å². The van der Waals surface area contributed by atoms with Crippen molar-refractivity contribution < 1.29 is 14.3 Å². The van der Waals surface area contributed by atoms with Crippen LogP contribution in [0.3, 0.4) is 0 Å². The van der Waals surface area contributed by atoms with Gasteiger partial charge in [0.25, 0.3) is 0 Å². The van der Waals surface area contributed by atoms with Crippen molar-refractivity contribution in [2.24, 2.45) is 0 Å². The Kier molecular flexibility index (Phi) is 5.35. The lowest BCUT2D eigenvalue weighted by molar-refractivity contribution is -0.144. The van der Waals surface area contributed by atoms with E-state index < -0.39 is 0 Å². The van der Waals surface area contributed by atoms with Gasteiger partial charge in [0, 0.05) is 7.11 Å². The predicted molar refractivity (Wildman–Crippen MR) is 71.7 cm³/mol. The van der Waals surface area contributed by atoms with E-state index in [1.807, 2.05) is 12.1 Å². The zero-order valence-corrected chi connectivity index (χ0v) is 11.7. The highest BCUT2D eigenvalue weighted by Crippen LogP contribution is 2.22. The minimum absolute atomic E-state index is 0.136. The fourth-order valence-corrected chi connectivity index (χ4v) is 1.58. The van der Waals surface area contributed by atoms with Crippen LogP contribution < -0.4 is 0 Å². The van der Waals surface area contributed by atoms with Crippen molar-refractivity contribution in [1.29, 1.82) is 0 Å². The van der Waals surface area contributed by atoms with Crippen molar-refractivity contribution in [3.63, 3.8) is 0 Å². The highest BCUT2D eigenvalue weighted by Gasteiger charge is 2.13. The van der Waals surface area contributed by atoms with Crippen molar-refractivity contribution in [1.82, 2.24) is 0 Å². The Bertz CT molecular complexity index is 374. The third-order valence-electron chi connectivity index (χ3n) is 2.72. The van der Waals surface area contributed by atoms with Gasteiger partial charge in [-0.25, -0.2) is 0 Å². The van der Waals surface area contributed by atoms with Gasteiger partial charge in [0.2, 0.25) is 0 Å². The van der Waals surface area contributed by atoms with E-state index in [2.05, 4.69) is 32.9 Å². The molecule has 3 heteroatoms. The second kappa shape index (κ2) is 6.55. The standard InChI is InChI=1S/C15H22O3/c1-15(2,3)13-7-5-12(6-8-13)11-14(16)18-10-9-17-4/h5-8H,9-11H2,1-4H3. The first-order chi connectivity index (χ1) is 8.43. The van der Waals surface area contributed by atoms with Crippen molar-refractivity contribution in [3.8, 4) is 0 Å². The first-order valence-corrected chi connectivity index (χ1v) is 6.17. The molecule has 0 N–H and O–H groups in total. The zero-order valence-electron chi connectivity index (χ0n) is 11.7. The molecule has 0 unspecified atom stereocenters. The first kappa shape index (κ1) is 14.7. The maximum atomic E-state index is 11.5. The summed E-state index contributed by atoms with van der Waals surface area (Å²) in [7, 11) is 1.58. The van der Waals surface area contributed by atoms with Gasteiger partial charge in [-0.1, -0.05) is 45.0 Å². The number of hydrogen-bond donors (Lipinski definition) is 0. The van der Waals surface area contributed by atoms with Crippen molar-refractivity contribution in [2.45, 2.75) is 32.6 Å². The number of hydrogen-bond acceptors (Lipinski definition) is 3. The Morgan fingerprint density at radius 3 is 2.22 bits per heavy atom. The fraction of sp³-hybridized carbons (Fsp3) is 0.533. The molecular formula is C15H22O3. The number of methoxy groups -OCH3 is 1. The van der Waals surface area contributed by atoms with E-state index in [0.29, 0.717) is 19.6 Å². The molecule has 100 valence electrons. The number of carbonyl (C=O) groups excluding carboxylic acids is 1. The van der Waals surface area contributed by atoms with Crippen LogP contribution >= 0.6 is 0 Å². The molecular weight excluding hydrogens is 228 g/mol. The Balaban J connectivity index is 2.51. The Hall–Kier alpha value is -1.35. The molecule has 0 bridgehead atoms. The molecule has 0 aromatic heterocycles. The summed E-state index contributed by atoms with van der Waals surface area (Å²) in [5.41, 5.74) is 2.38. The van der Waals surface area contributed by atoms with Gasteiger partial charge in [-0.05, 0) is 16.5 Å². The van der Waals surface area contributed by atoms with Crippen LogP contribution in [-0.4, -0.2) is 26.3 Å². The van der Waals surface area contributed by atoms with Gasteiger partial charge in [-0.2, -0.15) is 0 Å². The fourth-order valence-electron chi connectivity index (χ4n) is 1.58. The summed E-state index contributed by atoms with van der Waals surface area (Å²) in [5, 5.41) is 0. The normalized spacial score (nSPS) is 11.3. The minimum Gasteiger partial charge on any atom is -0.463 e. The molecule has 3 nitrogen and oxygen atoms in total. The van der Waals surface area contributed by atoms with Crippen LogP contribution in [0.4, 0.5) is 0 Å². The summed E-state index contributed by atoms with van der Waals surface area (Å²) in [6, 6.07) is 8.10. The van der Waals surface area contributed by atoms with E-state index in [4.69, 9.17) is 9.47 Å². The monoisotopic (exact) mass is 250 g/mol. The lowest BCUT2D eigenvalue weighted by atomic mass is 9.86. The highest BCUT2D eigenvalue weighted by molar-refractivity contribution is 5.72. The lowest BCUT2D eigenvalue weighted by Gasteiger charge is -2.19. The van der Waals surface area contributed by atoms with E-state index in [1.165, 1.54) is 5.56 Å². The van der Waals surface area contributed by atoms with Crippen molar-refractivity contribution >= 4 is 5.97 Å². The number of carbonyl (C=O) groups is 1. The number of esters is 1. The van der Waals surface area contributed by atoms with Gasteiger partial charge >= 0.3 is 5.97 Å². The van der Waals surface area contributed by atoms with Crippen LogP contribution in [0, 0.1) is 0 Å². The second-order valence-corrected chi connectivity index (χ2v) is 5.34. The van der Waals surface area contributed by atoms with Crippen LogP contribution in [0.15, 0.2) is 24.3 Å². The molecule has 0 aliphatic rings. The van der Waals surface area contributed by atoms with Crippen molar-refractivity contribution in [2.75, 3.05) is 20.3 Å². The molecule has 0 heterocycles. The third-order valence-corrected chi connectivity index (χ3v) is 2.72. The molecule has 1 rings (SSSR count). The summed E-state index contributed by atoms with van der Waals surface area (Å²) >= 11 is 0. The first-order valence-electron chi connectivity index (χ1n) is 6.17. The van der Waals surface area contributed by atoms with E-state index >= 15 is 0 Å².